The van der Waals surface area contributed by atoms with Crippen molar-refractivity contribution in [3.05, 3.63) is 131 Å². The normalized spacial score (nSPS) is 18.8. The van der Waals surface area contributed by atoms with Crippen molar-refractivity contribution in [2.24, 2.45) is 17.8 Å². The van der Waals surface area contributed by atoms with E-state index in [2.05, 4.69) is 104 Å². The monoisotopic (exact) mass is 1060 g/mol. The highest BCUT2D eigenvalue weighted by atomic mass is 19.4. The number of aliphatic hydroxyl groups is 1. The van der Waals surface area contributed by atoms with E-state index in [1.54, 1.807) is 11.1 Å². The van der Waals surface area contributed by atoms with E-state index < -0.39 is 24.3 Å². The molecule has 5 heterocycles. The summed E-state index contributed by atoms with van der Waals surface area (Å²) in [4.78, 5) is 42.7. The van der Waals surface area contributed by atoms with E-state index in [4.69, 9.17) is 14.8 Å². The maximum atomic E-state index is 13.7. The third-order valence-electron chi connectivity index (χ3n) is 16.4. The molecule has 0 atom stereocenters. The SMILES string of the molecule is Cc1cc(CN(Cc2ccc(C(=O)N3CC(C4CCN(Cc5ccc(-c6cn(C7CCC(O)CC7)c7nc(NCCC(F)(F)F)ncc67)cc5)CC4)C3)cc2)C(=O)OC(C)(C)C)ccc1-c1ccc2nn(CC3CC3)cc2c1. The van der Waals surface area contributed by atoms with Gasteiger partial charge in [-0.1, -0.05) is 60.7 Å². The smallest absolute Gasteiger partial charge is 0.410 e. The van der Waals surface area contributed by atoms with E-state index in [9.17, 15) is 27.9 Å². The number of anilines is 1. The molecule has 4 fully saturated rings. The highest BCUT2D eigenvalue weighted by Crippen LogP contribution is 2.39. The zero-order valence-corrected chi connectivity index (χ0v) is 45.3. The third kappa shape index (κ3) is 12.7. The lowest BCUT2D eigenvalue weighted by molar-refractivity contribution is -0.131. The fourth-order valence-electron chi connectivity index (χ4n) is 11.8. The van der Waals surface area contributed by atoms with Crippen LogP contribution in [0.4, 0.5) is 23.9 Å². The Bertz CT molecular complexity index is 3250. The topological polar surface area (TPSA) is 134 Å². The minimum absolute atomic E-state index is 0.0389. The number of aryl methyl sites for hydroxylation is 1. The Morgan fingerprint density at radius 3 is 2.17 bits per heavy atom. The van der Waals surface area contributed by atoms with Crippen molar-refractivity contribution >= 4 is 39.9 Å². The fourth-order valence-corrected chi connectivity index (χ4v) is 11.8. The standard InChI is InChI=1S/C62H72F3N9O4/c1-40-29-44(11-21-53(40)48-16-22-56-49(30-48)38-73(69-56)35-43-5-6-43)34-72(60(77)78-61(2,3)4)33-42-9-14-47(15-10-42)58(76)71-36-50(37-71)45-23-27-70(28-24-45)32-41-7-12-46(13-8-41)55-39-74(51-17-19-52(75)20-18-51)57-54(55)31-67-59(68-57)66-26-25-62(63,64)65/h7-16,21-22,29-31,38-39,43,45,50-52,75H,5-6,17-20,23-28,32-37H2,1-4H3,(H,66,67,68). The number of alkyl halides is 3. The molecule has 2 N–H and O–H groups in total. The van der Waals surface area contributed by atoms with Gasteiger partial charge in [0.05, 0.1) is 18.0 Å². The molecule has 410 valence electrons. The molecule has 16 heteroatoms. The van der Waals surface area contributed by atoms with Gasteiger partial charge in [0.15, 0.2) is 0 Å². The molecule has 7 aromatic rings. The number of rotatable bonds is 16. The number of halogens is 3. The van der Waals surface area contributed by atoms with E-state index in [0.717, 1.165) is 126 Å². The Morgan fingerprint density at radius 2 is 1.47 bits per heavy atom. The van der Waals surface area contributed by atoms with Crippen molar-refractivity contribution in [3.8, 4) is 22.3 Å². The van der Waals surface area contributed by atoms with E-state index in [-0.39, 0.29) is 30.5 Å². The summed E-state index contributed by atoms with van der Waals surface area (Å²) in [6.45, 7) is 13.5. The molecular weight excluding hydrogens is 992 g/mol. The molecule has 2 aliphatic carbocycles. The third-order valence-corrected chi connectivity index (χ3v) is 16.4. The van der Waals surface area contributed by atoms with Crippen LogP contribution in [-0.2, 0) is 30.9 Å². The summed E-state index contributed by atoms with van der Waals surface area (Å²) >= 11 is 0. The van der Waals surface area contributed by atoms with E-state index >= 15 is 0 Å². The maximum Gasteiger partial charge on any atom is 0.410 e. The van der Waals surface area contributed by atoms with Crippen LogP contribution < -0.4 is 5.32 Å². The van der Waals surface area contributed by atoms with Crippen molar-refractivity contribution in [2.75, 3.05) is 38.0 Å². The number of fused-ring (bicyclic) bond motifs is 2. The largest absolute Gasteiger partial charge is 0.444 e. The number of hydrogen-bond donors (Lipinski definition) is 2. The molecule has 13 nitrogen and oxygen atoms in total. The van der Waals surface area contributed by atoms with Crippen molar-refractivity contribution in [2.45, 2.75) is 136 Å². The van der Waals surface area contributed by atoms with E-state index in [1.807, 2.05) is 49.9 Å². The Balaban J connectivity index is 0.664. The second-order valence-electron chi connectivity index (χ2n) is 23.7. The molecule has 2 saturated carbocycles. The molecule has 0 radical (unpaired) electrons. The van der Waals surface area contributed by atoms with Gasteiger partial charge in [-0.2, -0.15) is 23.3 Å². The van der Waals surface area contributed by atoms with Gasteiger partial charge in [-0.15, -0.1) is 0 Å². The maximum absolute atomic E-state index is 13.7. The molecule has 0 spiro atoms. The number of piperidine rings is 1. The predicted molar refractivity (Wildman–Crippen MR) is 298 cm³/mol. The molecule has 4 aliphatic rings. The highest BCUT2D eigenvalue weighted by Gasteiger charge is 2.38. The van der Waals surface area contributed by atoms with Gasteiger partial charge in [0.25, 0.3) is 5.91 Å². The minimum atomic E-state index is -4.27. The lowest BCUT2D eigenvalue weighted by atomic mass is 9.79. The lowest BCUT2D eigenvalue weighted by Crippen LogP contribution is -2.54. The first-order valence-corrected chi connectivity index (χ1v) is 28.0. The van der Waals surface area contributed by atoms with Crippen LogP contribution in [0.3, 0.4) is 0 Å². The first-order valence-electron chi connectivity index (χ1n) is 28.0. The van der Waals surface area contributed by atoms with Gasteiger partial charge in [0.2, 0.25) is 5.95 Å². The summed E-state index contributed by atoms with van der Waals surface area (Å²) < 4.78 is 48.7. The second-order valence-corrected chi connectivity index (χ2v) is 23.7. The quantitative estimate of drug-likeness (QED) is 0.0970. The molecule has 78 heavy (non-hydrogen) atoms. The zero-order valence-electron chi connectivity index (χ0n) is 45.3. The second kappa shape index (κ2) is 22.2. The number of nitrogens with zero attached hydrogens (tertiary/aromatic N) is 8. The molecule has 4 aromatic carbocycles. The van der Waals surface area contributed by atoms with Crippen molar-refractivity contribution in [1.29, 1.82) is 0 Å². The number of aliphatic hydroxyl groups excluding tert-OH is 1. The van der Waals surface area contributed by atoms with Crippen LogP contribution in [0.25, 0.3) is 44.2 Å². The van der Waals surface area contributed by atoms with Gasteiger partial charge < -0.3 is 24.6 Å². The predicted octanol–water partition coefficient (Wildman–Crippen LogP) is 12.6. The van der Waals surface area contributed by atoms with Crippen LogP contribution in [0.15, 0.2) is 104 Å². The summed E-state index contributed by atoms with van der Waals surface area (Å²) in [5.74, 6) is 2.02. The van der Waals surface area contributed by atoms with Crippen molar-refractivity contribution in [1.82, 2.24) is 39.0 Å². The van der Waals surface area contributed by atoms with Gasteiger partial charge >= 0.3 is 12.3 Å². The number of benzene rings is 4. The Morgan fingerprint density at radius 1 is 0.782 bits per heavy atom. The number of carbonyl (C=O) groups excluding carboxylic acids is 2. The molecule has 2 amide bonds. The number of likely N-dealkylation sites (tertiary alicyclic amines) is 2. The lowest BCUT2D eigenvalue weighted by Gasteiger charge is -2.46. The fraction of sp³-hybridized carbons (Fsp3) is 0.468. The van der Waals surface area contributed by atoms with Crippen LogP contribution in [0.2, 0.25) is 0 Å². The number of nitrogens with one attached hydrogen (secondary N) is 1. The Hall–Kier alpha value is -6.78. The van der Waals surface area contributed by atoms with Gasteiger partial charge in [-0.05, 0) is 173 Å². The average Bonchev–Trinajstić information content (AvgIpc) is 4.15. The van der Waals surface area contributed by atoms with E-state index in [1.165, 1.54) is 18.4 Å². The van der Waals surface area contributed by atoms with Gasteiger partial charge in [-0.25, -0.2) is 9.78 Å². The van der Waals surface area contributed by atoms with E-state index in [0.29, 0.717) is 49.0 Å². The molecular formula is C62H72F3N9O4. The molecule has 3 aromatic heterocycles. The van der Waals surface area contributed by atoms with Gasteiger partial charge in [0, 0.05) is 92.3 Å². The first-order chi connectivity index (χ1) is 37.4. The van der Waals surface area contributed by atoms with Crippen molar-refractivity contribution in [3.63, 3.8) is 0 Å². The Kier molecular flexibility index (Phi) is 15.1. The Labute approximate surface area is 454 Å². The molecule has 0 unspecified atom stereocenters. The number of amides is 2. The van der Waals surface area contributed by atoms with Crippen LogP contribution in [0, 0.1) is 24.7 Å². The van der Waals surface area contributed by atoms with Gasteiger partial charge in [0.1, 0.15) is 11.2 Å². The first kappa shape index (κ1) is 53.2. The van der Waals surface area contributed by atoms with Crippen LogP contribution in [-0.4, -0.2) is 107 Å². The van der Waals surface area contributed by atoms with Crippen LogP contribution in [0.1, 0.15) is 117 Å². The van der Waals surface area contributed by atoms with Crippen LogP contribution in [0.5, 0.6) is 0 Å². The summed E-state index contributed by atoms with van der Waals surface area (Å²) in [5, 5.41) is 19.7. The highest BCUT2D eigenvalue weighted by molar-refractivity contribution is 5.95. The molecule has 2 saturated heterocycles. The zero-order chi connectivity index (χ0) is 54.3. The van der Waals surface area contributed by atoms with Crippen LogP contribution >= 0.6 is 0 Å². The summed E-state index contributed by atoms with van der Waals surface area (Å²) in [6, 6.07) is 29.2. The number of aromatic nitrogens is 5. The van der Waals surface area contributed by atoms with Gasteiger partial charge in [-0.3, -0.25) is 19.3 Å². The summed E-state index contributed by atoms with van der Waals surface area (Å²) in [7, 11) is 0. The molecule has 0 bridgehead atoms. The average molecular weight is 1060 g/mol. The summed E-state index contributed by atoms with van der Waals surface area (Å²) in [5.41, 5.74) is 10.2. The van der Waals surface area contributed by atoms with Crippen molar-refractivity contribution < 1.29 is 32.6 Å². The number of ether oxygens (including phenoxy) is 1. The number of hydrogen-bond acceptors (Lipinski definition) is 9. The minimum Gasteiger partial charge on any atom is -0.444 e. The summed E-state index contributed by atoms with van der Waals surface area (Å²) in [6.07, 6.45) is 7.71. The number of carbonyl (C=O) groups is 2. The molecule has 11 rings (SSSR count). The molecule has 2 aliphatic heterocycles.